The molecule has 0 fully saturated rings. The number of hydrogen-bond acceptors (Lipinski definition) is 2. The Balaban J connectivity index is 1.58. The molecule has 0 bridgehead atoms. The van der Waals surface area contributed by atoms with Crippen LogP contribution in [-0.2, 0) is 12.7 Å². The average molecular weight is 362 g/mol. The molecule has 1 atom stereocenters. The molecule has 3 rings (SSSR count). The Labute approximate surface area is 148 Å². The SMILES string of the molecule is C[C@@H](NC(=O)NCc1cccc(C(F)(F)F)c1)c1cc2ccccc2o1. The summed E-state index contributed by atoms with van der Waals surface area (Å²) in [7, 11) is 0. The molecule has 1 heterocycles. The van der Waals surface area contributed by atoms with Crippen LogP contribution in [-0.4, -0.2) is 6.03 Å². The maximum Gasteiger partial charge on any atom is 0.416 e. The first-order valence-electron chi connectivity index (χ1n) is 8.02. The molecule has 136 valence electrons. The van der Waals surface area contributed by atoms with E-state index in [-0.39, 0.29) is 12.6 Å². The van der Waals surface area contributed by atoms with E-state index in [0.29, 0.717) is 11.3 Å². The second kappa shape index (κ2) is 7.11. The summed E-state index contributed by atoms with van der Waals surface area (Å²) in [6, 6.07) is 13.3. The molecular weight excluding hydrogens is 345 g/mol. The number of fused-ring (bicyclic) bond motifs is 1. The van der Waals surface area contributed by atoms with Gasteiger partial charge in [0.15, 0.2) is 0 Å². The molecule has 0 unspecified atom stereocenters. The van der Waals surface area contributed by atoms with Gasteiger partial charge in [0.2, 0.25) is 0 Å². The van der Waals surface area contributed by atoms with Crippen LogP contribution in [0.5, 0.6) is 0 Å². The first kappa shape index (κ1) is 17.8. The Morgan fingerprint density at radius 2 is 1.88 bits per heavy atom. The van der Waals surface area contributed by atoms with E-state index in [2.05, 4.69) is 10.6 Å². The molecule has 4 nitrogen and oxygen atoms in total. The molecule has 26 heavy (non-hydrogen) atoms. The zero-order chi connectivity index (χ0) is 18.7. The van der Waals surface area contributed by atoms with Gasteiger partial charge in [-0.15, -0.1) is 0 Å². The third kappa shape index (κ3) is 4.17. The van der Waals surface area contributed by atoms with E-state index in [1.807, 2.05) is 30.3 Å². The van der Waals surface area contributed by atoms with Crippen molar-refractivity contribution in [1.29, 1.82) is 0 Å². The number of benzene rings is 2. The summed E-state index contributed by atoms with van der Waals surface area (Å²) in [6.07, 6.45) is -4.41. The molecule has 7 heteroatoms. The molecule has 0 aliphatic carbocycles. The van der Waals surface area contributed by atoms with Crippen LogP contribution in [0.1, 0.15) is 29.9 Å². The molecule has 2 amide bonds. The van der Waals surface area contributed by atoms with Gasteiger partial charge >= 0.3 is 12.2 Å². The Kier molecular flexibility index (Phi) is 4.88. The summed E-state index contributed by atoms with van der Waals surface area (Å²) in [6.45, 7) is 1.75. The van der Waals surface area contributed by atoms with Gasteiger partial charge in [0.1, 0.15) is 11.3 Å². The number of nitrogens with one attached hydrogen (secondary N) is 2. The smallest absolute Gasteiger partial charge is 0.416 e. The van der Waals surface area contributed by atoms with Crippen LogP contribution in [0.15, 0.2) is 59.0 Å². The molecule has 0 radical (unpaired) electrons. The number of amides is 2. The fraction of sp³-hybridized carbons (Fsp3) is 0.211. The second-order valence-corrected chi connectivity index (χ2v) is 5.93. The first-order chi connectivity index (χ1) is 12.3. The minimum Gasteiger partial charge on any atom is -0.459 e. The molecular formula is C19H17F3N2O2. The topological polar surface area (TPSA) is 54.3 Å². The van der Waals surface area contributed by atoms with Gasteiger partial charge in [-0.1, -0.05) is 30.3 Å². The van der Waals surface area contributed by atoms with Crippen molar-refractivity contribution < 1.29 is 22.4 Å². The molecule has 0 aliphatic heterocycles. The Hall–Kier alpha value is -2.96. The third-order valence-electron chi connectivity index (χ3n) is 3.93. The molecule has 3 aromatic rings. The van der Waals surface area contributed by atoms with E-state index >= 15 is 0 Å². The first-order valence-corrected chi connectivity index (χ1v) is 8.02. The zero-order valence-electron chi connectivity index (χ0n) is 13.9. The predicted octanol–water partition coefficient (Wildman–Crippen LogP) is 5.01. The Bertz CT molecular complexity index is 885. The van der Waals surface area contributed by atoms with Crippen molar-refractivity contribution in [3.8, 4) is 0 Å². The van der Waals surface area contributed by atoms with E-state index in [4.69, 9.17) is 4.42 Å². The number of hydrogen-bond donors (Lipinski definition) is 2. The van der Waals surface area contributed by atoms with Gasteiger partial charge in [-0.25, -0.2) is 4.79 Å². The van der Waals surface area contributed by atoms with Gasteiger partial charge in [0.05, 0.1) is 11.6 Å². The number of halogens is 3. The van der Waals surface area contributed by atoms with Crippen LogP contribution < -0.4 is 10.6 Å². The highest BCUT2D eigenvalue weighted by Gasteiger charge is 2.30. The molecule has 2 aromatic carbocycles. The highest BCUT2D eigenvalue weighted by Crippen LogP contribution is 2.29. The number of urea groups is 1. The highest BCUT2D eigenvalue weighted by atomic mass is 19.4. The van der Waals surface area contributed by atoms with Crippen LogP contribution in [0, 0.1) is 0 Å². The van der Waals surface area contributed by atoms with Crippen LogP contribution in [0.25, 0.3) is 11.0 Å². The normalized spacial score (nSPS) is 12.8. The quantitative estimate of drug-likeness (QED) is 0.685. The van der Waals surface area contributed by atoms with Gasteiger partial charge in [-0.3, -0.25) is 0 Å². The Morgan fingerprint density at radius 3 is 2.62 bits per heavy atom. The van der Waals surface area contributed by atoms with Crippen molar-refractivity contribution in [2.75, 3.05) is 0 Å². The van der Waals surface area contributed by atoms with Gasteiger partial charge in [0, 0.05) is 11.9 Å². The lowest BCUT2D eigenvalue weighted by atomic mass is 10.1. The molecule has 1 aromatic heterocycles. The monoisotopic (exact) mass is 362 g/mol. The van der Waals surface area contributed by atoms with Crippen molar-refractivity contribution in [1.82, 2.24) is 10.6 Å². The van der Waals surface area contributed by atoms with Crippen LogP contribution >= 0.6 is 0 Å². The summed E-state index contributed by atoms with van der Waals surface area (Å²) in [5.41, 5.74) is 0.347. The zero-order valence-corrected chi connectivity index (χ0v) is 13.9. The molecule has 0 aliphatic rings. The fourth-order valence-electron chi connectivity index (χ4n) is 2.57. The maximum absolute atomic E-state index is 12.7. The lowest BCUT2D eigenvalue weighted by molar-refractivity contribution is -0.137. The van der Waals surface area contributed by atoms with E-state index < -0.39 is 17.8 Å². The third-order valence-corrected chi connectivity index (χ3v) is 3.93. The van der Waals surface area contributed by atoms with Crippen LogP contribution in [0.4, 0.5) is 18.0 Å². The van der Waals surface area contributed by atoms with E-state index in [1.165, 1.54) is 12.1 Å². The number of rotatable bonds is 4. The second-order valence-electron chi connectivity index (χ2n) is 5.93. The fourth-order valence-corrected chi connectivity index (χ4v) is 2.57. The van der Waals surface area contributed by atoms with Gasteiger partial charge in [-0.05, 0) is 36.8 Å². The number of furan rings is 1. The van der Waals surface area contributed by atoms with Gasteiger partial charge < -0.3 is 15.1 Å². The molecule has 0 spiro atoms. The average Bonchev–Trinajstić information content (AvgIpc) is 3.04. The van der Waals surface area contributed by atoms with Crippen molar-refractivity contribution in [3.05, 3.63) is 71.5 Å². The lowest BCUT2D eigenvalue weighted by Crippen LogP contribution is -2.36. The molecule has 0 saturated carbocycles. The van der Waals surface area contributed by atoms with E-state index in [9.17, 15) is 18.0 Å². The van der Waals surface area contributed by atoms with E-state index in [1.54, 1.807) is 6.92 Å². The summed E-state index contributed by atoms with van der Waals surface area (Å²) < 4.78 is 43.8. The van der Waals surface area contributed by atoms with Gasteiger partial charge in [0.25, 0.3) is 0 Å². The van der Waals surface area contributed by atoms with Crippen LogP contribution in [0.2, 0.25) is 0 Å². The number of carbonyl (C=O) groups excluding carboxylic acids is 1. The predicted molar refractivity (Wildman–Crippen MR) is 91.4 cm³/mol. The number of carbonyl (C=O) groups is 1. The summed E-state index contributed by atoms with van der Waals surface area (Å²) in [5.74, 6) is 0.598. The number of para-hydroxylation sites is 1. The summed E-state index contributed by atoms with van der Waals surface area (Å²) >= 11 is 0. The Morgan fingerprint density at radius 1 is 1.12 bits per heavy atom. The van der Waals surface area contributed by atoms with Crippen molar-refractivity contribution >= 4 is 17.0 Å². The maximum atomic E-state index is 12.7. The lowest BCUT2D eigenvalue weighted by Gasteiger charge is -2.13. The molecule has 0 saturated heterocycles. The van der Waals surface area contributed by atoms with Crippen molar-refractivity contribution in [2.24, 2.45) is 0 Å². The highest BCUT2D eigenvalue weighted by molar-refractivity contribution is 5.78. The summed E-state index contributed by atoms with van der Waals surface area (Å²) in [4.78, 5) is 12.0. The standard InChI is InChI=1S/C19H17F3N2O2/c1-12(17-10-14-6-2-3-8-16(14)26-17)24-18(25)23-11-13-5-4-7-15(9-13)19(20,21)22/h2-10,12H,11H2,1H3,(H2,23,24,25)/t12-/m1/s1. The van der Waals surface area contributed by atoms with Gasteiger partial charge in [-0.2, -0.15) is 13.2 Å². The largest absolute Gasteiger partial charge is 0.459 e. The molecule has 2 N–H and O–H groups in total. The van der Waals surface area contributed by atoms with Crippen LogP contribution in [0.3, 0.4) is 0 Å². The minimum absolute atomic E-state index is 0.0113. The van der Waals surface area contributed by atoms with E-state index in [0.717, 1.165) is 23.1 Å². The summed E-state index contributed by atoms with van der Waals surface area (Å²) in [5, 5.41) is 6.19. The minimum atomic E-state index is -4.41. The van der Waals surface area contributed by atoms with Crippen molar-refractivity contribution in [3.63, 3.8) is 0 Å². The number of alkyl halides is 3. The van der Waals surface area contributed by atoms with Crippen molar-refractivity contribution in [2.45, 2.75) is 25.7 Å².